The second-order valence-corrected chi connectivity index (χ2v) is 6.83. The topological polar surface area (TPSA) is 60.9 Å². The normalized spacial score (nSPS) is 18.7. The van der Waals surface area contributed by atoms with Gasteiger partial charge in [-0.1, -0.05) is 17.7 Å². The molecule has 0 N–H and O–H groups in total. The summed E-state index contributed by atoms with van der Waals surface area (Å²) in [6.45, 7) is 1.48. The number of carbonyl (C=O) groups is 1. The van der Waals surface area contributed by atoms with E-state index in [4.69, 9.17) is 25.8 Å². The molecule has 0 spiro atoms. The molecule has 0 aliphatic carbocycles. The molecule has 0 radical (unpaired) electrons. The van der Waals surface area contributed by atoms with Crippen molar-refractivity contribution >= 4 is 23.6 Å². The Bertz CT molecular complexity index is 871. The summed E-state index contributed by atoms with van der Waals surface area (Å²) >= 11 is 6.10. The Balaban J connectivity index is 1.37. The van der Waals surface area contributed by atoms with Crippen LogP contribution in [-0.4, -0.2) is 41.8 Å². The molecule has 2 aliphatic heterocycles. The van der Waals surface area contributed by atoms with Crippen LogP contribution in [0.2, 0.25) is 5.02 Å². The maximum atomic E-state index is 12.6. The monoisotopic (exact) mass is 386 g/mol. The molecule has 4 rings (SSSR count). The van der Waals surface area contributed by atoms with E-state index >= 15 is 0 Å². The van der Waals surface area contributed by atoms with Crippen LogP contribution in [0.1, 0.15) is 18.4 Å². The summed E-state index contributed by atoms with van der Waals surface area (Å²) in [5, 5.41) is 0.476. The predicted octanol–water partition coefficient (Wildman–Crippen LogP) is 3.55. The zero-order valence-corrected chi connectivity index (χ0v) is 15.4. The van der Waals surface area contributed by atoms with Gasteiger partial charge in [0.25, 0.3) is 0 Å². The molecule has 0 saturated carbocycles. The van der Waals surface area contributed by atoms with E-state index in [9.17, 15) is 4.79 Å². The van der Waals surface area contributed by atoms with Crippen molar-refractivity contribution in [2.45, 2.75) is 18.9 Å². The molecule has 1 amide bonds. The van der Waals surface area contributed by atoms with E-state index in [2.05, 4.69) is 4.98 Å². The fourth-order valence-electron chi connectivity index (χ4n) is 3.16. The fraction of sp³-hybridized carbons (Fsp3) is 0.300. The van der Waals surface area contributed by atoms with Gasteiger partial charge >= 0.3 is 0 Å². The van der Waals surface area contributed by atoms with Gasteiger partial charge in [0, 0.05) is 31.1 Å². The Morgan fingerprint density at radius 1 is 1.30 bits per heavy atom. The third-order valence-electron chi connectivity index (χ3n) is 4.53. The largest absolute Gasteiger partial charge is 0.487 e. The Morgan fingerprint density at radius 3 is 3.07 bits per heavy atom. The van der Waals surface area contributed by atoms with E-state index in [0.29, 0.717) is 29.6 Å². The zero-order valence-electron chi connectivity index (χ0n) is 14.6. The van der Waals surface area contributed by atoms with Crippen molar-refractivity contribution in [2.75, 3.05) is 19.9 Å². The van der Waals surface area contributed by atoms with Crippen LogP contribution in [0.3, 0.4) is 0 Å². The van der Waals surface area contributed by atoms with Gasteiger partial charge < -0.3 is 19.1 Å². The minimum atomic E-state index is -0.0819. The van der Waals surface area contributed by atoms with Crippen LogP contribution in [0.15, 0.2) is 42.7 Å². The fourth-order valence-corrected chi connectivity index (χ4v) is 3.33. The van der Waals surface area contributed by atoms with Crippen molar-refractivity contribution < 1.29 is 19.0 Å². The van der Waals surface area contributed by atoms with E-state index in [-0.39, 0.29) is 18.8 Å². The first kappa shape index (κ1) is 17.7. The van der Waals surface area contributed by atoms with Crippen LogP contribution in [-0.2, 0) is 4.79 Å². The Hall–Kier alpha value is -2.73. The minimum Gasteiger partial charge on any atom is -0.487 e. The maximum absolute atomic E-state index is 12.6. The maximum Gasteiger partial charge on any atom is 0.246 e. The van der Waals surface area contributed by atoms with Crippen LogP contribution in [0.25, 0.3) is 6.08 Å². The van der Waals surface area contributed by atoms with Crippen molar-refractivity contribution in [2.24, 2.45) is 0 Å². The lowest BCUT2D eigenvalue weighted by Crippen LogP contribution is -2.43. The highest BCUT2D eigenvalue weighted by atomic mass is 35.5. The summed E-state index contributed by atoms with van der Waals surface area (Å²) in [5.74, 6) is 1.98. The molecule has 1 aromatic heterocycles. The molecule has 2 aliphatic rings. The standard InChI is InChI=1S/C20H19ClN2O4/c21-16-11-22-8-7-17(16)27-15-2-1-9-23(12-15)20(24)6-4-14-3-5-18-19(10-14)26-13-25-18/h3-8,10-11,15H,1-2,9,12-13H2. The van der Waals surface area contributed by atoms with Gasteiger partial charge in [-0.2, -0.15) is 0 Å². The van der Waals surface area contributed by atoms with Gasteiger partial charge in [0.05, 0.1) is 6.54 Å². The first-order chi connectivity index (χ1) is 13.2. The number of halogens is 1. The minimum absolute atomic E-state index is 0.0400. The Labute approximate surface area is 162 Å². The average Bonchev–Trinajstić information content (AvgIpc) is 3.16. The van der Waals surface area contributed by atoms with E-state index in [0.717, 1.165) is 24.2 Å². The summed E-state index contributed by atoms with van der Waals surface area (Å²) < 4.78 is 16.6. The molecule has 1 unspecified atom stereocenters. The first-order valence-electron chi connectivity index (χ1n) is 8.82. The van der Waals surface area contributed by atoms with E-state index < -0.39 is 0 Å². The van der Waals surface area contributed by atoms with Gasteiger partial charge in [0.15, 0.2) is 11.5 Å². The number of likely N-dealkylation sites (tertiary alicyclic amines) is 1. The van der Waals surface area contributed by atoms with Gasteiger partial charge in [-0.05, 0) is 36.6 Å². The van der Waals surface area contributed by atoms with Crippen molar-refractivity contribution in [1.29, 1.82) is 0 Å². The van der Waals surface area contributed by atoms with E-state index in [1.54, 1.807) is 35.5 Å². The summed E-state index contributed by atoms with van der Waals surface area (Å²) in [6, 6.07) is 7.34. The van der Waals surface area contributed by atoms with Gasteiger partial charge in [0.2, 0.25) is 12.7 Å². The molecular weight excluding hydrogens is 368 g/mol. The number of amides is 1. The van der Waals surface area contributed by atoms with Gasteiger partial charge in [0.1, 0.15) is 16.9 Å². The number of pyridine rings is 1. The first-order valence-corrected chi connectivity index (χ1v) is 9.19. The van der Waals surface area contributed by atoms with Crippen LogP contribution in [0, 0.1) is 0 Å². The second kappa shape index (κ2) is 7.88. The zero-order chi connectivity index (χ0) is 18.6. The lowest BCUT2D eigenvalue weighted by molar-refractivity contribution is -0.128. The highest BCUT2D eigenvalue weighted by Gasteiger charge is 2.24. The molecule has 140 valence electrons. The average molecular weight is 387 g/mol. The molecule has 1 saturated heterocycles. The molecule has 1 aromatic carbocycles. The second-order valence-electron chi connectivity index (χ2n) is 6.42. The predicted molar refractivity (Wildman–Crippen MR) is 101 cm³/mol. The quantitative estimate of drug-likeness (QED) is 0.752. The molecule has 0 bridgehead atoms. The number of hydrogen-bond donors (Lipinski definition) is 0. The molecule has 7 heteroatoms. The lowest BCUT2D eigenvalue weighted by atomic mass is 10.1. The van der Waals surface area contributed by atoms with E-state index in [1.807, 2.05) is 18.2 Å². The third kappa shape index (κ3) is 4.17. The number of hydrogen-bond acceptors (Lipinski definition) is 5. The number of aromatic nitrogens is 1. The number of rotatable bonds is 4. The van der Waals surface area contributed by atoms with Crippen molar-refractivity contribution in [3.8, 4) is 17.2 Å². The summed E-state index contributed by atoms with van der Waals surface area (Å²) in [6.07, 6.45) is 8.25. The summed E-state index contributed by atoms with van der Waals surface area (Å²) in [4.78, 5) is 18.3. The van der Waals surface area contributed by atoms with Crippen LogP contribution >= 0.6 is 11.6 Å². The van der Waals surface area contributed by atoms with Crippen LogP contribution in [0.4, 0.5) is 0 Å². The SMILES string of the molecule is O=C(C=Cc1ccc2c(c1)OCO2)N1CCCC(Oc2ccncc2Cl)C1. The Morgan fingerprint density at radius 2 is 2.19 bits per heavy atom. The smallest absolute Gasteiger partial charge is 0.246 e. The number of fused-ring (bicyclic) bond motifs is 1. The van der Waals surface area contributed by atoms with Crippen molar-refractivity contribution in [1.82, 2.24) is 9.88 Å². The third-order valence-corrected chi connectivity index (χ3v) is 4.82. The molecular formula is C20H19ClN2O4. The van der Waals surface area contributed by atoms with Crippen LogP contribution in [0.5, 0.6) is 17.2 Å². The molecule has 27 heavy (non-hydrogen) atoms. The highest BCUT2D eigenvalue weighted by molar-refractivity contribution is 6.31. The molecule has 1 atom stereocenters. The van der Waals surface area contributed by atoms with E-state index in [1.165, 1.54) is 0 Å². The highest BCUT2D eigenvalue weighted by Crippen LogP contribution is 2.32. The van der Waals surface area contributed by atoms with Crippen molar-refractivity contribution in [3.63, 3.8) is 0 Å². The van der Waals surface area contributed by atoms with Gasteiger partial charge in [-0.15, -0.1) is 0 Å². The Kier molecular flexibility index (Phi) is 5.16. The van der Waals surface area contributed by atoms with Gasteiger partial charge in [-0.25, -0.2) is 0 Å². The molecule has 3 heterocycles. The summed E-state index contributed by atoms with van der Waals surface area (Å²) in [5.41, 5.74) is 0.890. The van der Waals surface area contributed by atoms with Crippen LogP contribution < -0.4 is 14.2 Å². The number of ether oxygens (including phenoxy) is 3. The molecule has 2 aromatic rings. The molecule has 1 fully saturated rings. The van der Waals surface area contributed by atoms with Crippen molar-refractivity contribution in [3.05, 3.63) is 53.3 Å². The van der Waals surface area contributed by atoms with Gasteiger partial charge in [-0.3, -0.25) is 9.78 Å². The number of benzene rings is 1. The molecule has 6 nitrogen and oxygen atoms in total. The summed E-state index contributed by atoms with van der Waals surface area (Å²) in [7, 11) is 0. The number of carbonyl (C=O) groups excluding carboxylic acids is 1. The lowest BCUT2D eigenvalue weighted by Gasteiger charge is -2.32. The number of piperidine rings is 1. The number of nitrogens with zero attached hydrogens (tertiary/aromatic N) is 2.